The largest absolute Gasteiger partial charge is 0.478 e. The van der Waals surface area contributed by atoms with E-state index >= 15 is 0 Å². The topological polar surface area (TPSA) is 92.7 Å². The predicted molar refractivity (Wildman–Crippen MR) is 68.6 cm³/mol. The standard InChI is InChI=1S/C13H15NO5/c1-13(2,3)19-12(18)14-10-5-8(7-15)4-9(6-10)11(16)17/h4-7H,1-3H3,(H,14,18)(H,16,17). The fourth-order valence-electron chi connectivity index (χ4n) is 1.34. The summed E-state index contributed by atoms with van der Waals surface area (Å²) < 4.78 is 5.03. The Hall–Kier alpha value is -2.37. The summed E-state index contributed by atoms with van der Waals surface area (Å²) in [7, 11) is 0. The van der Waals surface area contributed by atoms with E-state index in [1.54, 1.807) is 20.8 Å². The number of carbonyl (C=O) groups excluding carboxylic acids is 2. The van der Waals surface area contributed by atoms with Gasteiger partial charge in [0, 0.05) is 11.3 Å². The molecule has 0 radical (unpaired) electrons. The van der Waals surface area contributed by atoms with Crippen molar-refractivity contribution in [1.29, 1.82) is 0 Å². The number of nitrogens with one attached hydrogen (secondary N) is 1. The predicted octanol–water partition coefficient (Wildman–Crippen LogP) is 2.54. The molecule has 1 aromatic carbocycles. The minimum atomic E-state index is -1.18. The number of rotatable bonds is 3. The van der Waals surface area contributed by atoms with E-state index in [1.165, 1.54) is 18.2 Å². The molecule has 0 bridgehead atoms. The lowest BCUT2D eigenvalue weighted by Crippen LogP contribution is -2.27. The molecular formula is C13H15NO5. The zero-order chi connectivity index (χ0) is 14.6. The molecule has 0 aromatic heterocycles. The van der Waals surface area contributed by atoms with Crippen molar-refractivity contribution in [3.8, 4) is 0 Å². The van der Waals surface area contributed by atoms with Crippen LogP contribution < -0.4 is 5.32 Å². The Labute approximate surface area is 110 Å². The van der Waals surface area contributed by atoms with Crippen LogP contribution in [0.2, 0.25) is 0 Å². The van der Waals surface area contributed by atoms with Crippen LogP contribution in [-0.4, -0.2) is 29.1 Å². The van der Waals surface area contributed by atoms with Crippen LogP contribution in [0.3, 0.4) is 0 Å². The number of ether oxygens (including phenoxy) is 1. The quantitative estimate of drug-likeness (QED) is 0.819. The van der Waals surface area contributed by atoms with E-state index in [9.17, 15) is 14.4 Å². The van der Waals surface area contributed by atoms with E-state index in [1.807, 2.05) is 0 Å². The number of hydrogen-bond donors (Lipinski definition) is 2. The van der Waals surface area contributed by atoms with Gasteiger partial charge in [0.2, 0.25) is 0 Å². The van der Waals surface area contributed by atoms with Crippen LogP contribution in [0.25, 0.3) is 0 Å². The maximum Gasteiger partial charge on any atom is 0.412 e. The Morgan fingerprint density at radius 2 is 1.89 bits per heavy atom. The Balaban J connectivity index is 2.94. The van der Waals surface area contributed by atoms with Crippen LogP contribution in [0.5, 0.6) is 0 Å². The average Bonchev–Trinajstić information content (AvgIpc) is 2.25. The molecule has 0 aliphatic rings. The number of carboxylic acids is 1. The molecule has 0 fully saturated rings. The first kappa shape index (κ1) is 14.7. The third kappa shape index (κ3) is 4.79. The molecule has 0 aliphatic carbocycles. The third-order valence-corrected chi connectivity index (χ3v) is 1.98. The highest BCUT2D eigenvalue weighted by molar-refractivity contribution is 5.94. The molecule has 102 valence electrons. The second kappa shape index (κ2) is 5.51. The monoisotopic (exact) mass is 265 g/mol. The van der Waals surface area contributed by atoms with Gasteiger partial charge in [-0.2, -0.15) is 0 Å². The Kier molecular flexibility index (Phi) is 4.26. The van der Waals surface area contributed by atoms with Crippen molar-refractivity contribution in [3.63, 3.8) is 0 Å². The van der Waals surface area contributed by atoms with Gasteiger partial charge in [0.05, 0.1) is 5.56 Å². The van der Waals surface area contributed by atoms with Crippen molar-refractivity contribution >= 4 is 24.0 Å². The second-order valence-electron chi connectivity index (χ2n) is 4.89. The van der Waals surface area contributed by atoms with Gasteiger partial charge in [-0.3, -0.25) is 10.1 Å². The van der Waals surface area contributed by atoms with Gasteiger partial charge in [-0.05, 0) is 39.0 Å². The van der Waals surface area contributed by atoms with E-state index in [0.717, 1.165) is 0 Å². The van der Waals surface area contributed by atoms with Crippen molar-refractivity contribution in [2.45, 2.75) is 26.4 Å². The van der Waals surface area contributed by atoms with E-state index in [2.05, 4.69) is 5.32 Å². The summed E-state index contributed by atoms with van der Waals surface area (Å²) in [5.41, 5.74) is -0.403. The lowest BCUT2D eigenvalue weighted by molar-refractivity contribution is 0.0632. The molecule has 0 saturated carbocycles. The molecular weight excluding hydrogens is 250 g/mol. The number of hydrogen-bond acceptors (Lipinski definition) is 4. The lowest BCUT2D eigenvalue weighted by atomic mass is 10.1. The van der Waals surface area contributed by atoms with Gasteiger partial charge in [0.15, 0.2) is 0 Å². The van der Waals surface area contributed by atoms with Crippen LogP contribution in [0.15, 0.2) is 18.2 Å². The van der Waals surface area contributed by atoms with E-state index in [-0.39, 0.29) is 16.8 Å². The summed E-state index contributed by atoms with van der Waals surface area (Å²) >= 11 is 0. The van der Waals surface area contributed by atoms with E-state index < -0.39 is 17.7 Å². The Bertz CT molecular complexity index is 516. The number of anilines is 1. The van der Waals surface area contributed by atoms with Gasteiger partial charge in [-0.15, -0.1) is 0 Å². The molecule has 0 heterocycles. The fraction of sp³-hybridized carbons (Fsp3) is 0.308. The molecule has 1 rings (SSSR count). The third-order valence-electron chi connectivity index (χ3n) is 1.98. The van der Waals surface area contributed by atoms with Crippen LogP contribution >= 0.6 is 0 Å². The SMILES string of the molecule is CC(C)(C)OC(=O)Nc1cc(C=O)cc(C(=O)O)c1. The molecule has 1 amide bonds. The van der Waals surface area contributed by atoms with Gasteiger partial charge in [-0.1, -0.05) is 0 Å². The van der Waals surface area contributed by atoms with Crippen LogP contribution in [0.4, 0.5) is 10.5 Å². The summed E-state index contributed by atoms with van der Waals surface area (Å²) in [4.78, 5) is 33.1. The smallest absolute Gasteiger partial charge is 0.412 e. The van der Waals surface area contributed by atoms with Crippen molar-refractivity contribution in [2.24, 2.45) is 0 Å². The highest BCUT2D eigenvalue weighted by atomic mass is 16.6. The number of benzene rings is 1. The van der Waals surface area contributed by atoms with Gasteiger partial charge in [0.1, 0.15) is 11.9 Å². The van der Waals surface area contributed by atoms with Crippen LogP contribution in [0.1, 0.15) is 41.5 Å². The summed E-state index contributed by atoms with van der Waals surface area (Å²) in [5, 5.41) is 11.3. The van der Waals surface area contributed by atoms with Gasteiger partial charge in [0.25, 0.3) is 0 Å². The van der Waals surface area contributed by atoms with Gasteiger partial charge < -0.3 is 9.84 Å². The molecule has 0 saturated heterocycles. The number of carbonyl (C=O) groups is 3. The van der Waals surface area contributed by atoms with E-state index in [0.29, 0.717) is 6.29 Å². The maximum absolute atomic E-state index is 11.5. The Morgan fingerprint density at radius 1 is 1.26 bits per heavy atom. The van der Waals surface area contributed by atoms with Gasteiger partial charge in [-0.25, -0.2) is 9.59 Å². The van der Waals surface area contributed by atoms with Crippen LogP contribution in [-0.2, 0) is 4.74 Å². The fourth-order valence-corrected chi connectivity index (χ4v) is 1.34. The molecule has 2 N–H and O–H groups in total. The molecule has 1 aromatic rings. The van der Waals surface area contributed by atoms with E-state index in [4.69, 9.17) is 9.84 Å². The normalized spacial score (nSPS) is 10.7. The molecule has 0 spiro atoms. The number of amides is 1. The van der Waals surface area contributed by atoms with Crippen LogP contribution in [0, 0.1) is 0 Å². The summed E-state index contributed by atoms with van der Waals surface area (Å²) in [6, 6.07) is 3.83. The van der Waals surface area contributed by atoms with Gasteiger partial charge >= 0.3 is 12.1 Å². The lowest BCUT2D eigenvalue weighted by Gasteiger charge is -2.19. The van der Waals surface area contributed by atoms with Crippen molar-refractivity contribution in [1.82, 2.24) is 0 Å². The highest BCUT2D eigenvalue weighted by Gasteiger charge is 2.17. The molecule has 0 atom stereocenters. The summed E-state index contributed by atoms with van der Waals surface area (Å²) in [6.07, 6.45) is -0.209. The van der Waals surface area contributed by atoms with Crippen molar-refractivity contribution in [2.75, 3.05) is 5.32 Å². The Morgan fingerprint density at radius 3 is 2.37 bits per heavy atom. The first-order valence-corrected chi connectivity index (χ1v) is 5.55. The summed E-state index contributed by atoms with van der Waals surface area (Å²) in [6.45, 7) is 5.12. The molecule has 0 aliphatic heterocycles. The molecule has 6 nitrogen and oxygen atoms in total. The molecule has 19 heavy (non-hydrogen) atoms. The average molecular weight is 265 g/mol. The number of carboxylic acid groups (broad SMARTS) is 1. The number of aldehydes is 1. The highest BCUT2D eigenvalue weighted by Crippen LogP contribution is 2.16. The first-order chi connectivity index (χ1) is 8.71. The molecule has 0 unspecified atom stereocenters. The zero-order valence-electron chi connectivity index (χ0n) is 10.9. The number of aromatic carboxylic acids is 1. The molecule has 6 heteroatoms. The second-order valence-corrected chi connectivity index (χ2v) is 4.89. The minimum Gasteiger partial charge on any atom is -0.478 e. The first-order valence-electron chi connectivity index (χ1n) is 5.55. The van der Waals surface area contributed by atoms with Crippen molar-refractivity contribution < 1.29 is 24.2 Å². The van der Waals surface area contributed by atoms with Crippen molar-refractivity contribution in [3.05, 3.63) is 29.3 Å². The summed E-state index contributed by atoms with van der Waals surface area (Å²) in [5.74, 6) is -1.18. The minimum absolute atomic E-state index is 0.0874. The maximum atomic E-state index is 11.5. The zero-order valence-corrected chi connectivity index (χ0v) is 10.9.